The van der Waals surface area contributed by atoms with Crippen molar-refractivity contribution in [3.05, 3.63) is 0 Å². The smallest absolute Gasteiger partial charge is 0.0208 e. The quantitative estimate of drug-likeness (QED) is 0.527. The van der Waals surface area contributed by atoms with E-state index in [-0.39, 0.29) is 0 Å². The molecule has 0 amide bonds. The molecule has 8 heavy (non-hydrogen) atoms. The lowest BCUT2D eigenvalue weighted by molar-refractivity contribution is 0.550. The van der Waals surface area contributed by atoms with Crippen molar-refractivity contribution in [2.45, 2.75) is 33.1 Å². The lowest BCUT2D eigenvalue weighted by Gasteiger charge is -2.02. The van der Waals surface area contributed by atoms with Crippen molar-refractivity contribution in [2.75, 3.05) is 0 Å². The van der Waals surface area contributed by atoms with E-state index in [1.165, 1.54) is 12.8 Å². The Hall–Kier alpha value is 0.0900. The van der Waals surface area contributed by atoms with Crippen LogP contribution in [-0.2, 0) is 0 Å². The van der Waals surface area contributed by atoms with Gasteiger partial charge in [-0.1, -0.05) is 38.9 Å². The molecule has 0 rings (SSSR count). The molecule has 1 heteroatoms. The van der Waals surface area contributed by atoms with Gasteiger partial charge in [-0.05, 0) is 17.7 Å². The van der Waals surface area contributed by atoms with Crippen LogP contribution in [0.1, 0.15) is 33.1 Å². The molecule has 0 aromatic rings. The van der Waals surface area contributed by atoms with Crippen LogP contribution in [0.2, 0.25) is 0 Å². The highest BCUT2D eigenvalue weighted by Gasteiger charge is 1.94. The molecule has 0 aromatic heterocycles. The molecular weight excluding hydrogens is 116 g/mol. The Morgan fingerprint density at radius 1 is 1.62 bits per heavy atom. The summed E-state index contributed by atoms with van der Waals surface area (Å²) in [6.07, 6.45) is 3.70. The summed E-state index contributed by atoms with van der Waals surface area (Å²) in [6.45, 7) is 4.45. The van der Waals surface area contributed by atoms with E-state index in [1.807, 2.05) is 5.37 Å². The van der Waals surface area contributed by atoms with Gasteiger partial charge in [0.05, 0.1) is 0 Å². The van der Waals surface area contributed by atoms with Crippen LogP contribution in [0.25, 0.3) is 0 Å². The molecule has 0 aliphatic carbocycles. The molecule has 1 atom stereocenters. The highest BCUT2D eigenvalue weighted by Crippen LogP contribution is 2.07. The third-order valence-corrected chi connectivity index (χ3v) is 1.47. The second kappa shape index (κ2) is 5.23. The number of thiocarbonyl (C=S) groups is 1. The van der Waals surface area contributed by atoms with Gasteiger partial charge in [-0.15, -0.1) is 0 Å². The van der Waals surface area contributed by atoms with Crippen LogP contribution in [0.5, 0.6) is 0 Å². The molecule has 0 fully saturated rings. The molecule has 48 valence electrons. The minimum atomic E-state index is 0.803. The van der Waals surface area contributed by atoms with E-state index in [2.05, 4.69) is 13.8 Å². The Morgan fingerprint density at radius 3 is 2.62 bits per heavy atom. The molecule has 1 unspecified atom stereocenters. The molecule has 0 aromatic carbocycles. The third-order valence-electron chi connectivity index (χ3n) is 1.28. The van der Waals surface area contributed by atoms with Crippen molar-refractivity contribution < 1.29 is 0 Å². The number of rotatable bonds is 4. The minimum absolute atomic E-state index is 0.803. The summed E-state index contributed by atoms with van der Waals surface area (Å²) in [6, 6.07) is 0. The summed E-state index contributed by atoms with van der Waals surface area (Å²) in [4.78, 5) is 0. The molecule has 0 saturated carbocycles. The maximum absolute atomic E-state index is 4.72. The van der Waals surface area contributed by atoms with Crippen molar-refractivity contribution in [1.29, 1.82) is 0 Å². The van der Waals surface area contributed by atoms with Crippen LogP contribution in [0.15, 0.2) is 0 Å². The zero-order chi connectivity index (χ0) is 6.41. The van der Waals surface area contributed by atoms with Gasteiger partial charge in [0, 0.05) is 0 Å². The minimum Gasteiger partial charge on any atom is -0.0935 e. The van der Waals surface area contributed by atoms with Crippen molar-refractivity contribution in [2.24, 2.45) is 5.92 Å². The van der Waals surface area contributed by atoms with E-state index in [1.54, 1.807) is 0 Å². The van der Waals surface area contributed by atoms with Crippen molar-refractivity contribution in [3.8, 4) is 0 Å². The summed E-state index contributed by atoms with van der Waals surface area (Å²) in [5.74, 6) is 0.803. The Kier molecular flexibility index (Phi) is 5.29. The predicted molar refractivity (Wildman–Crippen MR) is 42.3 cm³/mol. The molecule has 0 bridgehead atoms. The second-order valence-corrected chi connectivity index (χ2v) is 2.63. The van der Waals surface area contributed by atoms with Crippen LogP contribution in [-0.4, -0.2) is 5.37 Å². The lowest BCUT2D eigenvalue weighted by Crippen LogP contribution is -1.92. The lowest BCUT2D eigenvalue weighted by atomic mass is 10.0. The Bertz CT molecular complexity index is 59.4. The third kappa shape index (κ3) is 4.25. The first-order valence-corrected chi connectivity index (χ1v) is 3.72. The maximum atomic E-state index is 4.72. The number of hydrogen-bond donors (Lipinski definition) is 0. The zero-order valence-electron chi connectivity index (χ0n) is 5.68. The van der Waals surface area contributed by atoms with E-state index >= 15 is 0 Å². The summed E-state index contributed by atoms with van der Waals surface area (Å²) in [5.41, 5.74) is 0. The van der Waals surface area contributed by atoms with Gasteiger partial charge in [0.2, 0.25) is 0 Å². The van der Waals surface area contributed by atoms with Gasteiger partial charge >= 0.3 is 0 Å². The largest absolute Gasteiger partial charge is 0.0935 e. The van der Waals surface area contributed by atoms with Crippen molar-refractivity contribution in [1.82, 2.24) is 0 Å². The van der Waals surface area contributed by atoms with Crippen LogP contribution in [0, 0.1) is 5.92 Å². The number of hydrogen-bond acceptors (Lipinski definition) is 1. The Labute approximate surface area is 57.3 Å². The van der Waals surface area contributed by atoms with Crippen LogP contribution < -0.4 is 0 Å². The molecule has 0 heterocycles. The topological polar surface area (TPSA) is 0 Å². The molecule has 0 N–H and O–H groups in total. The van der Waals surface area contributed by atoms with Crippen LogP contribution in [0.3, 0.4) is 0 Å². The molecule has 0 aliphatic heterocycles. The van der Waals surface area contributed by atoms with E-state index in [0.717, 1.165) is 12.3 Å². The fraction of sp³-hybridized carbons (Fsp3) is 0.857. The summed E-state index contributed by atoms with van der Waals surface area (Å²) in [7, 11) is 0. The van der Waals surface area contributed by atoms with Gasteiger partial charge in [-0.3, -0.25) is 0 Å². The summed E-state index contributed by atoms with van der Waals surface area (Å²) >= 11 is 4.72. The van der Waals surface area contributed by atoms with Crippen LogP contribution >= 0.6 is 12.2 Å². The average molecular weight is 130 g/mol. The van der Waals surface area contributed by atoms with E-state index in [0.29, 0.717) is 0 Å². The fourth-order valence-corrected chi connectivity index (χ4v) is 1.10. The molecule has 0 spiro atoms. The SMILES string of the molecule is CCCC(C)CC=S. The highest BCUT2D eigenvalue weighted by atomic mass is 32.1. The van der Waals surface area contributed by atoms with Gasteiger partial charge in [-0.2, -0.15) is 0 Å². The molecular formula is C7H14S. The standard InChI is InChI=1S/C7H14S/c1-3-4-7(2)5-6-8/h6-7H,3-5H2,1-2H3. The predicted octanol–water partition coefficient (Wildman–Crippen LogP) is 2.81. The fourth-order valence-electron chi connectivity index (χ4n) is 0.775. The summed E-state index contributed by atoms with van der Waals surface area (Å²) in [5, 5.41) is 1.83. The molecule has 0 aliphatic rings. The second-order valence-electron chi connectivity index (χ2n) is 2.30. The highest BCUT2D eigenvalue weighted by molar-refractivity contribution is 7.78. The van der Waals surface area contributed by atoms with Gasteiger partial charge in [0.1, 0.15) is 0 Å². The Morgan fingerprint density at radius 2 is 2.25 bits per heavy atom. The first-order chi connectivity index (χ1) is 3.81. The normalized spacial score (nSPS) is 13.2. The zero-order valence-corrected chi connectivity index (χ0v) is 6.50. The van der Waals surface area contributed by atoms with E-state index in [4.69, 9.17) is 12.2 Å². The molecule has 0 radical (unpaired) electrons. The van der Waals surface area contributed by atoms with Gasteiger partial charge in [0.25, 0.3) is 0 Å². The first kappa shape index (κ1) is 8.09. The molecule has 0 nitrogen and oxygen atoms in total. The van der Waals surface area contributed by atoms with Gasteiger partial charge in [0.15, 0.2) is 0 Å². The van der Waals surface area contributed by atoms with Gasteiger partial charge in [-0.25, -0.2) is 0 Å². The first-order valence-electron chi connectivity index (χ1n) is 3.24. The molecule has 0 saturated heterocycles. The van der Waals surface area contributed by atoms with E-state index < -0.39 is 0 Å². The maximum Gasteiger partial charge on any atom is -0.0208 e. The van der Waals surface area contributed by atoms with Gasteiger partial charge < -0.3 is 0 Å². The Balaban J connectivity index is 3.03. The van der Waals surface area contributed by atoms with Crippen molar-refractivity contribution in [3.63, 3.8) is 0 Å². The van der Waals surface area contributed by atoms with Crippen molar-refractivity contribution >= 4 is 17.6 Å². The average Bonchev–Trinajstić information content (AvgIpc) is 1.68. The summed E-state index contributed by atoms with van der Waals surface area (Å²) < 4.78 is 0. The van der Waals surface area contributed by atoms with E-state index in [9.17, 15) is 0 Å². The monoisotopic (exact) mass is 130 g/mol. The van der Waals surface area contributed by atoms with Crippen LogP contribution in [0.4, 0.5) is 0 Å².